The lowest BCUT2D eigenvalue weighted by Gasteiger charge is -2.08. The van der Waals surface area contributed by atoms with E-state index in [0.717, 1.165) is 22.2 Å². The summed E-state index contributed by atoms with van der Waals surface area (Å²) in [6, 6.07) is 17.5. The summed E-state index contributed by atoms with van der Waals surface area (Å²) in [7, 11) is 1.62. The lowest BCUT2D eigenvalue weighted by molar-refractivity contribution is 0.102. The second-order valence-corrected chi connectivity index (χ2v) is 5.95. The molecule has 0 unspecified atom stereocenters. The van der Waals surface area contributed by atoms with Crippen LogP contribution in [0.1, 0.15) is 16.1 Å². The van der Waals surface area contributed by atoms with Gasteiger partial charge in [0.15, 0.2) is 0 Å². The predicted molar refractivity (Wildman–Crippen MR) is 101 cm³/mol. The van der Waals surface area contributed by atoms with Gasteiger partial charge in [0.2, 0.25) is 5.95 Å². The number of carbonyl (C=O) groups excluding carboxylic acids is 1. The largest absolute Gasteiger partial charge is 0.497 e. The number of H-pyrrole nitrogens is 1. The fraction of sp³-hybridized carbons (Fsp3) is 0.100. The molecule has 26 heavy (non-hydrogen) atoms. The maximum atomic E-state index is 12.6. The molecular formula is C20H18N4O2. The quantitative estimate of drug-likeness (QED) is 0.579. The molecule has 6 nitrogen and oxygen atoms in total. The van der Waals surface area contributed by atoms with Crippen LogP contribution in [0, 0.1) is 0 Å². The van der Waals surface area contributed by atoms with E-state index in [0.29, 0.717) is 18.2 Å². The molecule has 0 saturated heterocycles. The number of ether oxygens (including phenoxy) is 1. The number of hydrogen-bond acceptors (Lipinski definition) is 3. The number of rotatable bonds is 5. The van der Waals surface area contributed by atoms with Gasteiger partial charge in [-0.05, 0) is 23.8 Å². The van der Waals surface area contributed by atoms with Crippen molar-refractivity contribution < 1.29 is 9.53 Å². The molecule has 4 rings (SSSR count). The molecule has 2 aromatic carbocycles. The highest BCUT2D eigenvalue weighted by molar-refractivity contribution is 6.05. The third kappa shape index (κ3) is 3.17. The molecule has 0 spiro atoms. The van der Waals surface area contributed by atoms with E-state index in [-0.39, 0.29) is 5.91 Å². The predicted octanol–water partition coefficient (Wildman–Crippen LogP) is 3.67. The van der Waals surface area contributed by atoms with Gasteiger partial charge in [-0.2, -0.15) is 0 Å². The highest BCUT2D eigenvalue weighted by Gasteiger charge is 2.13. The highest BCUT2D eigenvalue weighted by atomic mass is 16.5. The molecule has 0 atom stereocenters. The van der Waals surface area contributed by atoms with Crippen molar-refractivity contribution in [2.75, 3.05) is 12.4 Å². The van der Waals surface area contributed by atoms with Gasteiger partial charge in [0.05, 0.1) is 13.7 Å². The van der Waals surface area contributed by atoms with Crippen LogP contribution in [-0.4, -0.2) is 27.6 Å². The van der Waals surface area contributed by atoms with Gasteiger partial charge in [-0.15, -0.1) is 0 Å². The lowest BCUT2D eigenvalue weighted by atomic mass is 10.2. The molecule has 2 aromatic heterocycles. The van der Waals surface area contributed by atoms with Crippen LogP contribution in [0.2, 0.25) is 0 Å². The summed E-state index contributed by atoms with van der Waals surface area (Å²) in [6.07, 6.45) is 3.52. The first-order chi connectivity index (χ1) is 12.7. The molecule has 0 aliphatic rings. The van der Waals surface area contributed by atoms with Crippen LogP contribution in [-0.2, 0) is 6.54 Å². The Balaban J connectivity index is 1.54. The van der Waals surface area contributed by atoms with Crippen molar-refractivity contribution >= 4 is 22.8 Å². The SMILES string of the molecule is COc1ccc2cc(C(=O)Nc3nccn3Cc3ccccc3)[nH]c2c1. The zero-order chi connectivity index (χ0) is 17.9. The van der Waals surface area contributed by atoms with Crippen molar-refractivity contribution in [3.05, 3.63) is 78.2 Å². The van der Waals surface area contributed by atoms with E-state index in [4.69, 9.17) is 4.74 Å². The number of nitrogens with zero attached hydrogens (tertiary/aromatic N) is 2. The minimum absolute atomic E-state index is 0.235. The Morgan fingerprint density at radius 2 is 2.04 bits per heavy atom. The van der Waals surface area contributed by atoms with E-state index in [1.807, 2.05) is 65.4 Å². The number of aromatic amines is 1. The van der Waals surface area contributed by atoms with Crippen LogP contribution in [0.25, 0.3) is 10.9 Å². The minimum Gasteiger partial charge on any atom is -0.497 e. The summed E-state index contributed by atoms with van der Waals surface area (Å²) in [5.74, 6) is 1.01. The zero-order valence-corrected chi connectivity index (χ0v) is 14.3. The third-order valence-corrected chi connectivity index (χ3v) is 4.21. The molecule has 6 heteroatoms. The Morgan fingerprint density at radius 3 is 2.85 bits per heavy atom. The topological polar surface area (TPSA) is 71.9 Å². The molecule has 2 heterocycles. The van der Waals surface area contributed by atoms with Crippen molar-refractivity contribution in [2.45, 2.75) is 6.54 Å². The summed E-state index contributed by atoms with van der Waals surface area (Å²) in [5, 5.41) is 3.81. The molecule has 0 aliphatic carbocycles. The van der Waals surface area contributed by atoms with Gasteiger partial charge in [-0.25, -0.2) is 4.98 Å². The number of amides is 1. The van der Waals surface area contributed by atoms with E-state index in [9.17, 15) is 4.79 Å². The number of methoxy groups -OCH3 is 1. The average Bonchev–Trinajstić information content (AvgIpc) is 3.28. The Labute approximate surface area is 150 Å². The molecular weight excluding hydrogens is 328 g/mol. The fourth-order valence-corrected chi connectivity index (χ4v) is 2.87. The second kappa shape index (κ2) is 6.76. The fourth-order valence-electron chi connectivity index (χ4n) is 2.87. The van der Waals surface area contributed by atoms with Gasteiger partial charge in [-0.1, -0.05) is 30.3 Å². The summed E-state index contributed by atoms with van der Waals surface area (Å²) >= 11 is 0. The molecule has 0 aliphatic heterocycles. The number of benzene rings is 2. The van der Waals surface area contributed by atoms with Crippen molar-refractivity contribution in [3.63, 3.8) is 0 Å². The number of hydrogen-bond donors (Lipinski definition) is 2. The number of anilines is 1. The van der Waals surface area contributed by atoms with Gasteiger partial charge < -0.3 is 14.3 Å². The van der Waals surface area contributed by atoms with Gasteiger partial charge in [0.25, 0.3) is 5.91 Å². The van der Waals surface area contributed by atoms with Crippen LogP contribution < -0.4 is 10.1 Å². The first-order valence-electron chi connectivity index (χ1n) is 8.26. The number of aromatic nitrogens is 3. The Hall–Kier alpha value is -3.54. The number of nitrogens with one attached hydrogen (secondary N) is 2. The van der Waals surface area contributed by atoms with Crippen molar-refractivity contribution in [3.8, 4) is 5.75 Å². The summed E-state index contributed by atoms with van der Waals surface area (Å²) < 4.78 is 7.12. The zero-order valence-electron chi connectivity index (χ0n) is 14.3. The van der Waals surface area contributed by atoms with E-state index >= 15 is 0 Å². The molecule has 0 saturated carbocycles. The van der Waals surface area contributed by atoms with Gasteiger partial charge in [0, 0.05) is 29.4 Å². The van der Waals surface area contributed by atoms with Gasteiger partial charge >= 0.3 is 0 Å². The van der Waals surface area contributed by atoms with Crippen molar-refractivity contribution in [1.29, 1.82) is 0 Å². The number of carbonyl (C=O) groups is 1. The first kappa shape index (κ1) is 16.0. The van der Waals surface area contributed by atoms with Crippen LogP contribution in [0.4, 0.5) is 5.95 Å². The summed E-state index contributed by atoms with van der Waals surface area (Å²) in [4.78, 5) is 20.0. The van der Waals surface area contributed by atoms with Crippen LogP contribution in [0.3, 0.4) is 0 Å². The normalized spacial score (nSPS) is 10.8. The van der Waals surface area contributed by atoms with Crippen LogP contribution >= 0.6 is 0 Å². The van der Waals surface area contributed by atoms with Gasteiger partial charge in [-0.3, -0.25) is 10.1 Å². The van der Waals surface area contributed by atoms with E-state index in [1.165, 1.54) is 0 Å². The maximum Gasteiger partial charge on any atom is 0.274 e. The molecule has 130 valence electrons. The second-order valence-electron chi connectivity index (χ2n) is 5.95. The van der Waals surface area contributed by atoms with Crippen molar-refractivity contribution in [1.82, 2.24) is 14.5 Å². The Kier molecular flexibility index (Phi) is 4.15. The Morgan fingerprint density at radius 1 is 1.19 bits per heavy atom. The smallest absolute Gasteiger partial charge is 0.274 e. The van der Waals surface area contributed by atoms with Crippen molar-refractivity contribution in [2.24, 2.45) is 0 Å². The molecule has 0 bridgehead atoms. The van der Waals surface area contributed by atoms with Gasteiger partial charge in [0.1, 0.15) is 11.4 Å². The minimum atomic E-state index is -0.235. The van der Waals surface area contributed by atoms with E-state index < -0.39 is 0 Å². The number of imidazole rings is 1. The summed E-state index contributed by atoms with van der Waals surface area (Å²) in [5.41, 5.74) is 2.46. The number of fused-ring (bicyclic) bond motifs is 1. The monoisotopic (exact) mass is 346 g/mol. The van der Waals surface area contributed by atoms with Crippen LogP contribution in [0.15, 0.2) is 67.0 Å². The molecule has 0 fully saturated rings. The van der Waals surface area contributed by atoms with E-state index in [1.54, 1.807) is 13.3 Å². The summed E-state index contributed by atoms with van der Waals surface area (Å²) in [6.45, 7) is 0.639. The average molecular weight is 346 g/mol. The highest BCUT2D eigenvalue weighted by Crippen LogP contribution is 2.21. The molecule has 1 amide bonds. The van der Waals surface area contributed by atoms with Crippen LogP contribution in [0.5, 0.6) is 5.75 Å². The Bertz CT molecular complexity index is 1050. The third-order valence-electron chi connectivity index (χ3n) is 4.21. The van der Waals surface area contributed by atoms with E-state index in [2.05, 4.69) is 15.3 Å². The maximum absolute atomic E-state index is 12.6. The standard InChI is InChI=1S/C20H18N4O2/c1-26-16-8-7-15-11-18(22-17(15)12-16)19(25)23-20-21-9-10-24(20)13-14-5-3-2-4-6-14/h2-12,22H,13H2,1H3,(H,21,23,25). The molecule has 2 N–H and O–H groups in total. The first-order valence-corrected chi connectivity index (χ1v) is 8.26. The molecule has 4 aromatic rings. The molecule has 0 radical (unpaired) electrons. The lowest BCUT2D eigenvalue weighted by Crippen LogP contribution is -2.16.